The predicted molar refractivity (Wildman–Crippen MR) is 64.0 cm³/mol. The minimum atomic E-state index is -1.40. The molecular formula is C11H23ClSi. The van der Waals surface area contributed by atoms with Gasteiger partial charge in [0.05, 0.1) is 0 Å². The van der Waals surface area contributed by atoms with Gasteiger partial charge in [0.2, 0.25) is 0 Å². The Morgan fingerprint density at radius 2 is 1.77 bits per heavy atom. The first kappa shape index (κ1) is 11.6. The second kappa shape index (κ2) is 4.84. The predicted octanol–water partition coefficient (Wildman–Crippen LogP) is 4.79. The van der Waals surface area contributed by atoms with Crippen molar-refractivity contribution in [1.29, 1.82) is 0 Å². The van der Waals surface area contributed by atoms with Crippen LogP contribution in [0.15, 0.2) is 0 Å². The summed E-state index contributed by atoms with van der Waals surface area (Å²) in [6.07, 6.45) is 8.54. The fourth-order valence-corrected chi connectivity index (χ4v) is 6.34. The third-order valence-electron chi connectivity index (χ3n) is 3.54. The van der Waals surface area contributed by atoms with E-state index in [0.29, 0.717) is 0 Å². The molecule has 0 radical (unpaired) electrons. The van der Waals surface area contributed by atoms with Gasteiger partial charge in [0.25, 0.3) is 0 Å². The molecule has 13 heavy (non-hydrogen) atoms. The lowest BCUT2D eigenvalue weighted by Crippen LogP contribution is -2.31. The molecule has 78 valence electrons. The van der Waals surface area contributed by atoms with Crippen LogP contribution < -0.4 is 0 Å². The molecule has 0 nitrogen and oxygen atoms in total. The molecule has 1 unspecified atom stereocenters. The highest BCUT2D eigenvalue weighted by atomic mass is 35.6. The van der Waals surface area contributed by atoms with E-state index in [9.17, 15) is 0 Å². The highest BCUT2D eigenvalue weighted by Crippen LogP contribution is 2.42. The van der Waals surface area contributed by atoms with E-state index in [-0.39, 0.29) is 0 Å². The Kier molecular flexibility index (Phi) is 4.31. The minimum Gasteiger partial charge on any atom is -0.167 e. The number of halogens is 1. The molecule has 0 bridgehead atoms. The Hall–Kier alpha value is 0.507. The van der Waals surface area contributed by atoms with Crippen LogP contribution in [0.25, 0.3) is 0 Å². The highest BCUT2D eigenvalue weighted by molar-refractivity contribution is 7.19. The van der Waals surface area contributed by atoms with Gasteiger partial charge >= 0.3 is 0 Å². The van der Waals surface area contributed by atoms with Crippen LogP contribution in [0.3, 0.4) is 0 Å². The molecule has 0 heterocycles. The van der Waals surface area contributed by atoms with Crippen molar-refractivity contribution in [1.82, 2.24) is 0 Å². The molecule has 1 aliphatic rings. The van der Waals surface area contributed by atoms with Crippen molar-refractivity contribution in [2.24, 2.45) is 5.92 Å². The van der Waals surface area contributed by atoms with Gasteiger partial charge in [-0.05, 0) is 11.5 Å². The SMILES string of the molecule is CCC(C1CCCCC1)[Si](C)(C)Cl. The third-order valence-corrected chi connectivity index (χ3v) is 7.02. The maximum atomic E-state index is 6.57. The van der Waals surface area contributed by atoms with Crippen molar-refractivity contribution < 1.29 is 0 Å². The molecule has 0 saturated heterocycles. The maximum absolute atomic E-state index is 6.57. The van der Waals surface area contributed by atoms with E-state index in [2.05, 4.69) is 20.0 Å². The average Bonchev–Trinajstić information content (AvgIpc) is 2.05. The molecule has 0 aromatic rings. The van der Waals surface area contributed by atoms with Gasteiger partial charge in [0, 0.05) is 0 Å². The van der Waals surface area contributed by atoms with Gasteiger partial charge in [-0.2, -0.15) is 11.1 Å². The summed E-state index contributed by atoms with van der Waals surface area (Å²) in [5.41, 5.74) is 0.856. The van der Waals surface area contributed by atoms with Crippen molar-refractivity contribution in [3.63, 3.8) is 0 Å². The molecule has 0 aliphatic heterocycles. The van der Waals surface area contributed by atoms with E-state index in [1.54, 1.807) is 0 Å². The number of hydrogen-bond acceptors (Lipinski definition) is 0. The molecule has 0 aromatic carbocycles. The molecule has 0 amide bonds. The summed E-state index contributed by atoms with van der Waals surface area (Å²) in [5.74, 6) is 0.956. The van der Waals surface area contributed by atoms with E-state index < -0.39 is 7.38 Å². The lowest BCUT2D eigenvalue weighted by molar-refractivity contribution is 0.332. The second-order valence-corrected chi connectivity index (χ2v) is 11.8. The first-order chi connectivity index (χ1) is 6.05. The van der Waals surface area contributed by atoms with E-state index in [1.165, 1.54) is 38.5 Å². The number of hydrogen-bond donors (Lipinski definition) is 0. The van der Waals surface area contributed by atoms with Gasteiger partial charge in [-0.15, -0.1) is 0 Å². The zero-order valence-electron chi connectivity index (χ0n) is 9.28. The van der Waals surface area contributed by atoms with E-state index >= 15 is 0 Å². The van der Waals surface area contributed by atoms with Crippen LogP contribution in [0.5, 0.6) is 0 Å². The molecule has 0 aromatic heterocycles. The Morgan fingerprint density at radius 1 is 1.23 bits per heavy atom. The molecule has 1 fully saturated rings. The fourth-order valence-electron chi connectivity index (χ4n) is 2.92. The molecule has 1 aliphatic carbocycles. The zero-order valence-corrected chi connectivity index (χ0v) is 11.0. The summed E-state index contributed by atoms with van der Waals surface area (Å²) in [7, 11) is -1.40. The number of rotatable bonds is 3. The standard InChI is InChI=1S/C11H23ClSi/c1-4-11(13(2,3)12)10-8-6-5-7-9-10/h10-11H,4-9H2,1-3H3. The summed E-state index contributed by atoms with van der Waals surface area (Å²) in [4.78, 5) is 0. The van der Waals surface area contributed by atoms with Crippen LogP contribution in [0.1, 0.15) is 45.4 Å². The third kappa shape index (κ3) is 3.28. The van der Waals surface area contributed by atoms with Crippen LogP contribution in [-0.4, -0.2) is 7.38 Å². The summed E-state index contributed by atoms with van der Waals surface area (Å²) >= 11 is 6.57. The largest absolute Gasteiger partial charge is 0.167 e. The molecule has 0 N–H and O–H groups in total. The summed E-state index contributed by atoms with van der Waals surface area (Å²) in [5, 5.41) is 0. The van der Waals surface area contributed by atoms with Gasteiger partial charge in [-0.1, -0.05) is 58.5 Å². The van der Waals surface area contributed by atoms with Gasteiger partial charge in [0.15, 0.2) is 7.38 Å². The monoisotopic (exact) mass is 218 g/mol. The molecule has 2 heteroatoms. The molecular weight excluding hydrogens is 196 g/mol. The highest BCUT2D eigenvalue weighted by Gasteiger charge is 2.35. The Labute approximate surface area is 88.8 Å². The van der Waals surface area contributed by atoms with Gasteiger partial charge in [-0.3, -0.25) is 0 Å². The molecule has 1 saturated carbocycles. The van der Waals surface area contributed by atoms with Gasteiger partial charge < -0.3 is 0 Å². The first-order valence-corrected chi connectivity index (χ1v) is 9.83. The summed E-state index contributed by atoms with van der Waals surface area (Å²) < 4.78 is 0. The van der Waals surface area contributed by atoms with Crippen LogP contribution >= 0.6 is 11.1 Å². The van der Waals surface area contributed by atoms with Crippen LogP contribution in [0, 0.1) is 5.92 Å². The quantitative estimate of drug-likeness (QED) is 0.472. The van der Waals surface area contributed by atoms with E-state index in [1.807, 2.05) is 0 Å². The topological polar surface area (TPSA) is 0 Å². The van der Waals surface area contributed by atoms with Gasteiger partial charge in [0.1, 0.15) is 0 Å². The van der Waals surface area contributed by atoms with Crippen LogP contribution in [0.4, 0.5) is 0 Å². The summed E-state index contributed by atoms with van der Waals surface area (Å²) in [6, 6.07) is 0. The second-order valence-electron chi connectivity index (χ2n) is 4.98. The zero-order chi connectivity index (χ0) is 9.90. The average molecular weight is 219 g/mol. The first-order valence-electron chi connectivity index (χ1n) is 5.74. The van der Waals surface area contributed by atoms with E-state index in [0.717, 1.165) is 11.5 Å². The van der Waals surface area contributed by atoms with Crippen LogP contribution in [-0.2, 0) is 0 Å². The Morgan fingerprint density at radius 3 is 2.15 bits per heavy atom. The smallest absolute Gasteiger partial charge is 0.153 e. The van der Waals surface area contributed by atoms with Crippen molar-refractivity contribution in [2.75, 3.05) is 0 Å². The molecule has 1 rings (SSSR count). The Bertz CT molecular complexity index is 145. The van der Waals surface area contributed by atoms with Crippen LogP contribution in [0.2, 0.25) is 18.6 Å². The summed E-state index contributed by atoms with van der Waals surface area (Å²) in [6.45, 7) is 6.95. The molecule has 1 atom stereocenters. The van der Waals surface area contributed by atoms with Crippen molar-refractivity contribution in [2.45, 2.75) is 64.1 Å². The normalized spacial score (nSPS) is 23.1. The molecule has 0 spiro atoms. The maximum Gasteiger partial charge on any atom is 0.153 e. The lowest BCUT2D eigenvalue weighted by atomic mass is 9.86. The van der Waals surface area contributed by atoms with Crippen molar-refractivity contribution in [3.05, 3.63) is 0 Å². The minimum absolute atomic E-state index is 0.856. The fraction of sp³-hybridized carbons (Fsp3) is 1.00. The van der Waals surface area contributed by atoms with Crippen molar-refractivity contribution in [3.8, 4) is 0 Å². The lowest BCUT2D eigenvalue weighted by Gasteiger charge is -2.35. The van der Waals surface area contributed by atoms with Gasteiger partial charge in [-0.25, -0.2) is 0 Å². The van der Waals surface area contributed by atoms with E-state index in [4.69, 9.17) is 11.1 Å². The Balaban J connectivity index is 2.54. The van der Waals surface area contributed by atoms with Crippen molar-refractivity contribution >= 4 is 18.5 Å².